The zero-order valence-corrected chi connectivity index (χ0v) is 13.4. The van der Waals surface area contributed by atoms with Crippen LogP contribution in [0.25, 0.3) is 0 Å². The van der Waals surface area contributed by atoms with E-state index in [1.807, 2.05) is 6.07 Å². The lowest BCUT2D eigenvalue weighted by Gasteiger charge is -2.27. The highest BCUT2D eigenvalue weighted by molar-refractivity contribution is 7.89. The second-order valence-electron chi connectivity index (χ2n) is 5.24. The van der Waals surface area contributed by atoms with Crippen LogP contribution >= 0.6 is 11.6 Å². The predicted molar refractivity (Wildman–Crippen MR) is 81.6 cm³/mol. The van der Waals surface area contributed by atoms with E-state index in [0.29, 0.717) is 18.0 Å². The minimum Gasteiger partial charge on any atom is -0.317 e. The number of sulfonamides is 1. The highest BCUT2D eigenvalue weighted by Crippen LogP contribution is 2.26. The fraction of sp³-hybridized carbons (Fsp3) is 0.500. The molecule has 2 rings (SSSR count). The maximum atomic E-state index is 12.6. The van der Waals surface area contributed by atoms with E-state index < -0.39 is 10.0 Å². The zero-order chi connectivity index (χ0) is 15.5. The first kappa shape index (κ1) is 16.2. The van der Waals surface area contributed by atoms with Gasteiger partial charge in [0.05, 0.1) is 16.7 Å². The molecule has 0 amide bonds. The van der Waals surface area contributed by atoms with E-state index in [2.05, 4.69) is 5.32 Å². The number of hydrogen-bond donors (Lipinski definition) is 1. The summed E-state index contributed by atoms with van der Waals surface area (Å²) in [6.07, 6.45) is 1.95. The Morgan fingerprint density at radius 2 is 2.10 bits per heavy atom. The molecule has 1 aromatic rings. The second-order valence-corrected chi connectivity index (χ2v) is 7.66. The Labute approximate surface area is 130 Å². The molecule has 0 aromatic heterocycles. The Morgan fingerprint density at radius 1 is 1.43 bits per heavy atom. The van der Waals surface area contributed by atoms with Crippen molar-refractivity contribution in [3.63, 3.8) is 0 Å². The van der Waals surface area contributed by atoms with Crippen molar-refractivity contribution >= 4 is 21.6 Å². The van der Waals surface area contributed by atoms with E-state index in [0.717, 1.165) is 25.9 Å². The van der Waals surface area contributed by atoms with Crippen LogP contribution in [0, 0.1) is 17.2 Å². The minimum atomic E-state index is -3.62. The average molecular weight is 328 g/mol. The van der Waals surface area contributed by atoms with Gasteiger partial charge >= 0.3 is 0 Å². The first-order valence-electron chi connectivity index (χ1n) is 6.82. The monoisotopic (exact) mass is 327 g/mol. The van der Waals surface area contributed by atoms with Gasteiger partial charge in [0.25, 0.3) is 0 Å². The van der Waals surface area contributed by atoms with Crippen molar-refractivity contribution in [3.8, 4) is 6.07 Å². The molecule has 21 heavy (non-hydrogen) atoms. The van der Waals surface area contributed by atoms with Crippen LogP contribution in [0.5, 0.6) is 0 Å². The van der Waals surface area contributed by atoms with Crippen molar-refractivity contribution in [3.05, 3.63) is 28.8 Å². The maximum absolute atomic E-state index is 12.6. The molecule has 114 valence electrons. The molecule has 7 heteroatoms. The van der Waals surface area contributed by atoms with Gasteiger partial charge < -0.3 is 5.32 Å². The van der Waals surface area contributed by atoms with Crippen LogP contribution < -0.4 is 5.32 Å². The molecule has 0 unspecified atom stereocenters. The summed E-state index contributed by atoms with van der Waals surface area (Å²) < 4.78 is 26.5. The third kappa shape index (κ3) is 3.74. The third-order valence-electron chi connectivity index (χ3n) is 3.72. The van der Waals surface area contributed by atoms with E-state index >= 15 is 0 Å². The molecule has 1 aliphatic rings. The van der Waals surface area contributed by atoms with Crippen molar-refractivity contribution in [2.45, 2.75) is 17.7 Å². The average Bonchev–Trinajstić information content (AvgIpc) is 2.47. The Balaban J connectivity index is 2.18. The van der Waals surface area contributed by atoms with E-state index in [1.54, 1.807) is 7.05 Å². The van der Waals surface area contributed by atoms with Gasteiger partial charge in [-0.25, -0.2) is 12.7 Å². The maximum Gasteiger partial charge on any atom is 0.244 e. The van der Waals surface area contributed by atoms with Crippen molar-refractivity contribution in [2.75, 3.05) is 26.7 Å². The molecule has 0 spiro atoms. The van der Waals surface area contributed by atoms with Gasteiger partial charge in [-0.15, -0.1) is 0 Å². The van der Waals surface area contributed by atoms with Crippen LogP contribution in [0.2, 0.25) is 5.02 Å². The number of rotatable bonds is 4. The SMILES string of the molecule is CN(CC1CCNCC1)S(=O)(=O)c1ccc(C#N)cc1Cl. The summed E-state index contributed by atoms with van der Waals surface area (Å²) in [5.74, 6) is 0.364. The molecule has 1 N–H and O–H groups in total. The summed E-state index contributed by atoms with van der Waals surface area (Å²) in [4.78, 5) is 0.0552. The van der Waals surface area contributed by atoms with Gasteiger partial charge in [-0.2, -0.15) is 5.26 Å². The molecule has 0 radical (unpaired) electrons. The van der Waals surface area contributed by atoms with Crippen LogP contribution in [0.3, 0.4) is 0 Å². The molecular formula is C14H18ClN3O2S. The number of benzene rings is 1. The number of nitrogens with one attached hydrogen (secondary N) is 1. The summed E-state index contributed by atoms with van der Waals surface area (Å²) in [6.45, 7) is 2.34. The van der Waals surface area contributed by atoms with E-state index in [4.69, 9.17) is 16.9 Å². The third-order valence-corrected chi connectivity index (χ3v) is 6.03. The molecule has 1 aromatic carbocycles. The van der Waals surface area contributed by atoms with Crippen LogP contribution in [0.15, 0.2) is 23.1 Å². The summed E-state index contributed by atoms with van der Waals surface area (Å²) in [5, 5.41) is 12.2. The number of piperidine rings is 1. The van der Waals surface area contributed by atoms with Gasteiger partial charge in [0.2, 0.25) is 10.0 Å². The molecule has 5 nitrogen and oxygen atoms in total. The molecule has 0 atom stereocenters. The van der Waals surface area contributed by atoms with Crippen molar-refractivity contribution in [2.24, 2.45) is 5.92 Å². The summed E-state index contributed by atoms with van der Waals surface area (Å²) in [7, 11) is -2.05. The standard InChI is InChI=1S/C14H18ClN3O2S/c1-18(10-11-4-6-17-7-5-11)21(19,20)14-3-2-12(9-16)8-13(14)15/h2-3,8,11,17H,4-7,10H2,1H3. The smallest absolute Gasteiger partial charge is 0.244 e. The van der Waals surface area contributed by atoms with Crippen LogP contribution in [0.1, 0.15) is 18.4 Å². The van der Waals surface area contributed by atoms with E-state index in [1.165, 1.54) is 22.5 Å². The topological polar surface area (TPSA) is 73.2 Å². The molecule has 0 saturated carbocycles. The fourth-order valence-corrected chi connectivity index (χ4v) is 4.23. The van der Waals surface area contributed by atoms with Crippen LogP contribution in [-0.2, 0) is 10.0 Å². The molecule has 1 fully saturated rings. The lowest BCUT2D eigenvalue weighted by atomic mass is 9.98. The first-order valence-corrected chi connectivity index (χ1v) is 8.63. The van der Waals surface area contributed by atoms with E-state index in [-0.39, 0.29) is 9.92 Å². The lowest BCUT2D eigenvalue weighted by molar-refractivity contribution is 0.311. The van der Waals surface area contributed by atoms with Gasteiger partial charge in [0, 0.05) is 13.6 Å². The fourth-order valence-electron chi connectivity index (χ4n) is 2.47. The quantitative estimate of drug-likeness (QED) is 0.915. The minimum absolute atomic E-state index is 0.0552. The number of nitrogens with zero attached hydrogens (tertiary/aromatic N) is 2. The lowest BCUT2D eigenvalue weighted by Crippen LogP contribution is -2.37. The van der Waals surface area contributed by atoms with Gasteiger partial charge in [-0.3, -0.25) is 0 Å². The zero-order valence-electron chi connectivity index (χ0n) is 11.8. The normalized spacial score (nSPS) is 16.9. The van der Waals surface area contributed by atoms with Crippen LogP contribution in [0.4, 0.5) is 0 Å². The Morgan fingerprint density at radius 3 is 2.67 bits per heavy atom. The van der Waals surface area contributed by atoms with Gasteiger partial charge in [-0.05, 0) is 50.0 Å². The van der Waals surface area contributed by atoms with Gasteiger partial charge in [-0.1, -0.05) is 11.6 Å². The summed E-state index contributed by atoms with van der Waals surface area (Å²) >= 11 is 6.01. The first-order chi connectivity index (χ1) is 9.95. The molecule has 1 aliphatic heterocycles. The molecule has 0 aliphatic carbocycles. The molecule has 1 saturated heterocycles. The van der Waals surface area contributed by atoms with Gasteiger partial charge in [0.1, 0.15) is 4.90 Å². The molecule has 1 heterocycles. The Hall–Kier alpha value is -1.13. The van der Waals surface area contributed by atoms with E-state index in [9.17, 15) is 8.42 Å². The number of nitriles is 1. The second kappa shape index (κ2) is 6.75. The summed E-state index contributed by atoms with van der Waals surface area (Å²) in [5.41, 5.74) is 0.347. The Bertz CT molecular complexity index is 649. The molecule has 0 bridgehead atoms. The number of hydrogen-bond acceptors (Lipinski definition) is 4. The van der Waals surface area contributed by atoms with Crippen molar-refractivity contribution < 1.29 is 8.42 Å². The number of halogens is 1. The van der Waals surface area contributed by atoms with Crippen molar-refractivity contribution in [1.82, 2.24) is 9.62 Å². The summed E-state index contributed by atoms with van der Waals surface area (Å²) in [6, 6.07) is 6.19. The predicted octanol–water partition coefficient (Wildman–Crippen LogP) is 1.83. The van der Waals surface area contributed by atoms with Gasteiger partial charge in [0.15, 0.2) is 0 Å². The highest BCUT2D eigenvalue weighted by Gasteiger charge is 2.26. The Kier molecular flexibility index (Phi) is 5.22. The highest BCUT2D eigenvalue weighted by atomic mass is 35.5. The van der Waals surface area contributed by atoms with Crippen LogP contribution in [-0.4, -0.2) is 39.4 Å². The molecular weight excluding hydrogens is 310 g/mol. The largest absolute Gasteiger partial charge is 0.317 e. The van der Waals surface area contributed by atoms with Crippen molar-refractivity contribution in [1.29, 1.82) is 5.26 Å².